The maximum atomic E-state index is 8.64. The van der Waals surface area contributed by atoms with E-state index in [1.807, 2.05) is 0 Å². The number of benzene rings is 1. The molecule has 0 heterocycles. The smallest absolute Gasteiger partial charge is 0.104 e. The Balaban J connectivity index is 3.08. The lowest BCUT2D eigenvalue weighted by Crippen LogP contribution is -1.90. The SMILES string of the molecule is CCc1ccc(CC)c(C#CCO)c1. The molecule has 0 unspecified atom stereocenters. The maximum absolute atomic E-state index is 8.64. The van der Waals surface area contributed by atoms with Gasteiger partial charge < -0.3 is 5.11 Å². The van der Waals surface area contributed by atoms with E-state index in [1.165, 1.54) is 11.1 Å². The van der Waals surface area contributed by atoms with Crippen LogP contribution in [0.5, 0.6) is 0 Å². The Hall–Kier alpha value is -1.26. The zero-order valence-corrected chi connectivity index (χ0v) is 8.80. The van der Waals surface area contributed by atoms with Crippen molar-refractivity contribution in [3.8, 4) is 11.8 Å². The molecule has 0 atom stereocenters. The van der Waals surface area contributed by atoms with E-state index < -0.39 is 0 Å². The van der Waals surface area contributed by atoms with Gasteiger partial charge in [0.1, 0.15) is 6.61 Å². The van der Waals surface area contributed by atoms with E-state index in [0.717, 1.165) is 18.4 Å². The van der Waals surface area contributed by atoms with Crippen LogP contribution in [0.4, 0.5) is 0 Å². The molecule has 0 saturated carbocycles. The minimum atomic E-state index is -0.0699. The molecule has 1 aromatic rings. The van der Waals surface area contributed by atoms with Gasteiger partial charge in [0.25, 0.3) is 0 Å². The first-order valence-corrected chi connectivity index (χ1v) is 5.03. The van der Waals surface area contributed by atoms with Crippen molar-refractivity contribution in [1.29, 1.82) is 0 Å². The first kappa shape index (κ1) is 10.8. The van der Waals surface area contributed by atoms with Crippen LogP contribution in [0.15, 0.2) is 18.2 Å². The lowest BCUT2D eigenvalue weighted by atomic mass is 10.0. The molecule has 1 heteroatoms. The summed E-state index contributed by atoms with van der Waals surface area (Å²) >= 11 is 0. The van der Waals surface area contributed by atoms with Crippen LogP contribution in [0, 0.1) is 11.8 Å². The summed E-state index contributed by atoms with van der Waals surface area (Å²) in [4.78, 5) is 0. The van der Waals surface area contributed by atoms with Gasteiger partial charge in [-0.1, -0.05) is 37.8 Å². The van der Waals surface area contributed by atoms with Gasteiger partial charge in [0.15, 0.2) is 0 Å². The van der Waals surface area contributed by atoms with Gasteiger partial charge in [-0.25, -0.2) is 0 Å². The van der Waals surface area contributed by atoms with Crippen LogP contribution in [0.3, 0.4) is 0 Å². The molecule has 1 N–H and O–H groups in total. The third-order valence-corrected chi connectivity index (χ3v) is 2.27. The standard InChI is InChI=1S/C13H16O/c1-3-11-7-8-12(4-2)13(10-11)6-5-9-14/h7-8,10,14H,3-4,9H2,1-2H3. The molecule has 0 amide bonds. The predicted octanol–water partition coefficient (Wildman–Crippen LogP) is 2.16. The molecular weight excluding hydrogens is 172 g/mol. The summed E-state index contributed by atoms with van der Waals surface area (Å²) in [7, 11) is 0. The van der Waals surface area contributed by atoms with Crippen LogP contribution in [0.2, 0.25) is 0 Å². The fourth-order valence-electron chi connectivity index (χ4n) is 1.40. The summed E-state index contributed by atoms with van der Waals surface area (Å²) in [5.74, 6) is 5.68. The lowest BCUT2D eigenvalue weighted by Gasteiger charge is -2.03. The first-order chi connectivity index (χ1) is 6.81. The van der Waals surface area contributed by atoms with E-state index in [1.54, 1.807) is 0 Å². The molecule has 0 radical (unpaired) electrons. The van der Waals surface area contributed by atoms with E-state index in [4.69, 9.17) is 5.11 Å². The van der Waals surface area contributed by atoms with Crippen molar-refractivity contribution in [1.82, 2.24) is 0 Å². The molecule has 0 saturated heterocycles. The summed E-state index contributed by atoms with van der Waals surface area (Å²) in [6.45, 7) is 4.18. The van der Waals surface area contributed by atoms with Crippen molar-refractivity contribution < 1.29 is 5.11 Å². The number of hydrogen-bond acceptors (Lipinski definition) is 1. The van der Waals surface area contributed by atoms with E-state index >= 15 is 0 Å². The van der Waals surface area contributed by atoms with Crippen LogP contribution in [0.1, 0.15) is 30.5 Å². The fourth-order valence-corrected chi connectivity index (χ4v) is 1.40. The largest absolute Gasteiger partial charge is 0.384 e. The molecule has 14 heavy (non-hydrogen) atoms. The Morgan fingerprint density at radius 3 is 2.57 bits per heavy atom. The van der Waals surface area contributed by atoms with E-state index in [9.17, 15) is 0 Å². The fraction of sp³-hybridized carbons (Fsp3) is 0.385. The molecule has 0 fully saturated rings. The van der Waals surface area contributed by atoms with Crippen molar-refractivity contribution in [2.45, 2.75) is 26.7 Å². The van der Waals surface area contributed by atoms with Crippen molar-refractivity contribution in [2.75, 3.05) is 6.61 Å². The first-order valence-electron chi connectivity index (χ1n) is 5.03. The number of aliphatic hydroxyl groups excluding tert-OH is 1. The molecule has 1 rings (SSSR count). The van der Waals surface area contributed by atoms with E-state index in [-0.39, 0.29) is 6.61 Å². The van der Waals surface area contributed by atoms with Crippen molar-refractivity contribution in [3.63, 3.8) is 0 Å². The summed E-state index contributed by atoms with van der Waals surface area (Å²) in [5, 5.41) is 8.64. The quantitative estimate of drug-likeness (QED) is 0.705. The van der Waals surface area contributed by atoms with Crippen LogP contribution in [0.25, 0.3) is 0 Å². The highest BCUT2D eigenvalue weighted by atomic mass is 16.2. The Labute approximate surface area is 85.8 Å². The molecule has 0 aromatic heterocycles. The maximum Gasteiger partial charge on any atom is 0.104 e. The van der Waals surface area contributed by atoms with Crippen LogP contribution in [-0.2, 0) is 12.8 Å². The zero-order valence-electron chi connectivity index (χ0n) is 8.80. The molecule has 1 nitrogen and oxygen atoms in total. The molecule has 0 bridgehead atoms. The highest BCUT2D eigenvalue weighted by molar-refractivity contribution is 5.44. The van der Waals surface area contributed by atoms with Gasteiger partial charge in [0, 0.05) is 5.56 Å². The average molecular weight is 188 g/mol. The summed E-state index contributed by atoms with van der Waals surface area (Å²) in [6.07, 6.45) is 2.01. The predicted molar refractivity (Wildman–Crippen MR) is 59.2 cm³/mol. The minimum Gasteiger partial charge on any atom is -0.384 e. The number of aliphatic hydroxyl groups is 1. The van der Waals surface area contributed by atoms with Crippen molar-refractivity contribution >= 4 is 0 Å². The molecule has 74 valence electrons. The normalized spacial score (nSPS) is 9.36. The van der Waals surface area contributed by atoms with Crippen LogP contribution < -0.4 is 0 Å². The van der Waals surface area contributed by atoms with Gasteiger partial charge in [0.2, 0.25) is 0 Å². The van der Waals surface area contributed by atoms with Gasteiger partial charge in [-0.3, -0.25) is 0 Å². The number of hydrogen-bond donors (Lipinski definition) is 1. The Kier molecular flexibility index (Phi) is 4.22. The van der Waals surface area contributed by atoms with Crippen molar-refractivity contribution in [3.05, 3.63) is 34.9 Å². The van der Waals surface area contributed by atoms with Crippen molar-refractivity contribution in [2.24, 2.45) is 0 Å². The topological polar surface area (TPSA) is 20.2 Å². The Bertz CT molecular complexity index is 355. The lowest BCUT2D eigenvalue weighted by molar-refractivity contribution is 0.350. The second-order valence-corrected chi connectivity index (χ2v) is 3.16. The molecule has 0 aliphatic heterocycles. The molecule has 1 aromatic carbocycles. The number of rotatable bonds is 2. The van der Waals surface area contributed by atoms with Crippen LogP contribution >= 0.6 is 0 Å². The third-order valence-electron chi connectivity index (χ3n) is 2.27. The van der Waals surface area contributed by atoms with Gasteiger partial charge in [-0.15, -0.1) is 0 Å². The molecule has 0 aliphatic rings. The second kappa shape index (κ2) is 5.47. The highest BCUT2D eigenvalue weighted by Crippen LogP contribution is 2.12. The molecular formula is C13H16O. The summed E-state index contributed by atoms with van der Waals surface area (Å²) in [6, 6.07) is 6.38. The summed E-state index contributed by atoms with van der Waals surface area (Å²) in [5.41, 5.74) is 3.61. The van der Waals surface area contributed by atoms with Crippen LogP contribution in [-0.4, -0.2) is 11.7 Å². The molecule has 0 aliphatic carbocycles. The Morgan fingerprint density at radius 2 is 2.00 bits per heavy atom. The third kappa shape index (κ3) is 2.61. The van der Waals surface area contributed by atoms with E-state index in [2.05, 4.69) is 43.9 Å². The van der Waals surface area contributed by atoms with Gasteiger partial charge >= 0.3 is 0 Å². The average Bonchev–Trinajstić information content (AvgIpc) is 2.25. The minimum absolute atomic E-state index is 0.0699. The Morgan fingerprint density at radius 1 is 1.21 bits per heavy atom. The number of aryl methyl sites for hydroxylation is 2. The van der Waals surface area contributed by atoms with Gasteiger partial charge in [0.05, 0.1) is 0 Å². The van der Waals surface area contributed by atoms with E-state index in [0.29, 0.717) is 0 Å². The van der Waals surface area contributed by atoms with Gasteiger partial charge in [-0.2, -0.15) is 0 Å². The molecule has 0 spiro atoms. The zero-order chi connectivity index (χ0) is 10.4. The summed E-state index contributed by atoms with van der Waals surface area (Å²) < 4.78 is 0. The van der Waals surface area contributed by atoms with Gasteiger partial charge in [-0.05, 0) is 30.0 Å². The second-order valence-electron chi connectivity index (χ2n) is 3.16. The monoisotopic (exact) mass is 188 g/mol. The highest BCUT2D eigenvalue weighted by Gasteiger charge is 1.98.